The molecule has 1 nitrogen and oxygen atoms in total. The monoisotopic (exact) mass is 149 g/mol. The normalized spacial score (nSPS) is 9.00. The van der Waals surface area contributed by atoms with Gasteiger partial charge in [-0.2, -0.15) is 0 Å². The highest BCUT2D eigenvalue weighted by atomic mass is 28.2. The molecule has 1 rings (SSSR count). The van der Waals surface area contributed by atoms with E-state index in [2.05, 4.69) is 31.0 Å². The van der Waals surface area contributed by atoms with Crippen molar-refractivity contribution in [1.82, 2.24) is 4.98 Å². The molecule has 1 aromatic rings. The minimum Gasteiger partial charge on any atom is -0.265 e. The lowest BCUT2D eigenvalue weighted by Gasteiger charge is -1.90. The van der Waals surface area contributed by atoms with Gasteiger partial charge in [0, 0.05) is 21.5 Å². The van der Waals surface area contributed by atoms with Crippen LogP contribution in [-0.4, -0.2) is 19.3 Å². The van der Waals surface area contributed by atoms with Gasteiger partial charge in [0.25, 0.3) is 0 Å². The first-order chi connectivity index (χ1) is 4.79. The summed E-state index contributed by atoms with van der Waals surface area (Å²) in [5, 5.41) is 2.95. The zero-order chi connectivity index (χ0) is 7.40. The van der Waals surface area contributed by atoms with E-state index in [4.69, 9.17) is 0 Å². The van der Waals surface area contributed by atoms with Crippen LogP contribution in [0.5, 0.6) is 0 Å². The van der Waals surface area contributed by atoms with Crippen LogP contribution in [0.1, 0.15) is 13.8 Å². The highest BCUT2D eigenvalue weighted by molar-refractivity contribution is 6.65. The predicted molar refractivity (Wildman–Crippen MR) is 47.4 cm³/mol. The first kappa shape index (κ1) is 7.35. The maximum Gasteiger partial charge on any atom is 0.0281 e. The van der Waals surface area contributed by atoms with Crippen molar-refractivity contribution < 1.29 is 0 Å². The number of nitrogens with zero attached hydrogens (tertiary/aromatic N) is 1. The molecule has 0 spiro atoms. The van der Waals surface area contributed by atoms with E-state index in [0.717, 1.165) is 0 Å². The molecule has 0 N–H and O–H groups in total. The van der Waals surface area contributed by atoms with Crippen LogP contribution in [0.3, 0.4) is 0 Å². The molecule has 0 aromatic carbocycles. The van der Waals surface area contributed by atoms with Gasteiger partial charge in [-0.3, -0.25) is 4.98 Å². The fraction of sp³-hybridized carbons (Fsp3) is 0.250. The molecule has 2 heteroatoms. The van der Waals surface area contributed by atoms with Gasteiger partial charge in [-0.05, 0) is 31.2 Å². The van der Waals surface area contributed by atoms with Crippen LogP contribution in [0.25, 0.3) is 0 Å². The summed E-state index contributed by atoms with van der Waals surface area (Å²) in [6.07, 6.45) is 3.70. The molecule has 0 aliphatic carbocycles. The lowest BCUT2D eigenvalue weighted by molar-refractivity contribution is 1.34. The smallest absolute Gasteiger partial charge is 0.0281 e. The van der Waals surface area contributed by atoms with Gasteiger partial charge in [-0.1, -0.05) is 5.17 Å². The van der Waals surface area contributed by atoms with Crippen LogP contribution in [0, 0.1) is 0 Å². The molecule has 52 valence electrons. The molecular weight excluding hydrogens is 138 g/mol. The van der Waals surface area contributed by atoms with E-state index in [1.54, 1.807) is 0 Å². The second-order valence-electron chi connectivity index (χ2n) is 2.50. The largest absolute Gasteiger partial charge is 0.265 e. The molecule has 0 atom stereocenters. The van der Waals surface area contributed by atoms with Gasteiger partial charge in [0.1, 0.15) is 0 Å². The first-order valence-electron chi connectivity index (χ1n) is 3.34. The van der Waals surface area contributed by atoms with Crippen molar-refractivity contribution in [1.29, 1.82) is 0 Å². The van der Waals surface area contributed by atoms with Crippen molar-refractivity contribution in [3.05, 3.63) is 24.5 Å². The molecule has 0 radical (unpaired) electrons. The topological polar surface area (TPSA) is 12.9 Å². The Morgan fingerprint density at radius 3 is 2.40 bits per heavy atom. The molecule has 0 aliphatic rings. The van der Waals surface area contributed by atoms with Crippen LogP contribution in [0.4, 0.5) is 0 Å². The molecule has 1 aromatic heterocycles. The van der Waals surface area contributed by atoms with Gasteiger partial charge in [0.2, 0.25) is 0 Å². The van der Waals surface area contributed by atoms with Crippen LogP contribution in [0.15, 0.2) is 24.5 Å². The van der Waals surface area contributed by atoms with E-state index in [9.17, 15) is 0 Å². The SMILES string of the molecule is CC(C)=[SiH]c1ccncc1. The molecule has 0 saturated heterocycles. The maximum atomic E-state index is 3.96. The Hall–Kier alpha value is -0.763. The van der Waals surface area contributed by atoms with Crippen molar-refractivity contribution in [3.63, 3.8) is 0 Å². The van der Waals surface area contributed by atoms with Crippen molar-refractivity contribution in [2.24, 2.45) is 0 Å². The molecule has 1 heterocycles. The van der Waals surface area contributed by atoms with Gasteiger partial charge >= 0.3 is 0 Å². The van der Waals surface area contributed by atoms with Crippen molar-refractivity contribution in [2.75, 3.05) is 0 Å². The van der Waals surface area contributed by atoms with E-state index in [1.807, 2.05) is 12.4 Å². The van der Waals surface area contributed by atoms with E-state index in [0.29, 0.717) is 9.13 Å². The lowest BCUT2D eigenvalue weighted by atomic mass is 10.5. The minimum absolute atomic E-state index is 0.369. The summed E-state index contributed by atoms with van der Waals surface area (Å²) in [7, 11) is 0.369. The summed E-state index contributed by atoms with van der Waals surface area (Å²) in [6.45, 7) is 4.35. The zero-order valence-electron chi connectivity index (χ0n) is 6.33. The summed E-state index contributed by atoms with van der Waals surface area (Å²) in [6, 6.07) is 4.17. The van der Waals surface area contributed by atoms with E-state index >= 15 is 0 Å². The Morgan fingerprint density at radius 1 is 1.30 bits per heavy atom. The van der Waals surface area contributed by atoms with Crippen molar-refractivity contribution >= 4 is 19.5 Å². The number of aromatic nitrogens is 1. The van der Waals surface area contributed by atoms with E-state index in [1.165, 1.54) is 10.4 Å². The van der Waals surface area contributed by atoms with Crippen LogP contribution >= 0.6 is 0 Å². The van der Waals surface area contributed by atoms with Crippen molar-refractivity contribution in [3.8, 4) is 0 Å². The predicted octanol–water partition coefficient (Wildman–Crippen LogP) is 0.356. The molecular formula is C8H11NSi. The summed E-state index contributed by atoms with van der Waals surface area (Å²) in [5.41, 5.74) is 0. The Balaban J connectivity index is 2.87. The Kier molecular flexibility index (Phi) is 2.51. The van der Waals surface area contributed by atoms with Gasteiger partial charge in [-0.15, -0.1) is 0 Å². The van der Waals surface area contributed by atoms with Crippen LogP contribution in [-0.2, 0) is 0 Å². The molecule has 0 fully saturated rings. The summed E-state index contributed by atoms with van der Waals surface area (Å²) in [5.74, 6) is 0. The molecule has 0 bridgehead atoms. The molecule has 0 aliphatic heterocycles. The third-order valence-corrected chi connectivity index (χ3v) is 2.46. The Labute approximate surface area is 63.6 Å². The summed E-state index contributed by atoms with van der Waals surface area (Å²) in [4.78, 5) is 3.96. The quantitative estimate of drug-likeness (QED) is 0.525. The van der Waals surface area contributed by atoms with Crippen molar-refractivity contribution in [2.45, 2.75) is 13.8 Å². The second kappa shape index (κ2) is 3.42. The molecule has 10 heavy (non-hydrogen) atoms. The highest BCUT2D eigenvalue weighted by Gasteiger charge is 1.83. The maximum absolute atomic E-state index is 3.96. The standard InChI is InChI=1S/C8H11NSi/c1-7(2)10-8-3-5-9-6-4-8/h3-6,10H,1-2H3. The Morgan fingerprint density at radius 2 is 1.90 bits per heavy atom. The third kappa shape index (κ3) is 2.23. The van der Waals surface area contributed by atoms with Gasteiger partial charge in [-0.25, -0.2) is 0 Å². The molecule has 0 amide bonds. The minimum atomic E-state index is 0.369. The highest BCUT2D eigenvalue weighted by Crippen LogP contribution is 1.73. The van der Waals surface area contributed by atoms with Crippen LogP contribution < -0.4 is 5.19 Å². The third-order valence-electron chi connectivity index (χ3n) is 1.16. The van der Waals surface area contributed by atoms with Gasteiger partial charge in [0.15, 0.2) is 0 Å². The summed E-state index contributed by atoms with van der Waals surface area (Å²) < 4.78 is 0. The van der Waals surface area contributed by atoms with Gasteiger partial charge in [0.05, 0.1) is 0 Å². The Bertz CT molecular complexity index is 224. The number of rotatable bonds is 1. The van der Waals surface area contributed by atoms with E-state index in [-0.39, 0.29) is 0 Å². The second-order valence-corrected chi connectivity index (χ2v) is 4.61. The zero-order valence-corrected chi connectivity index (χ0v) is 7.49. The van der Waals surface area contributed by atoms with E-state index < -0.39 is 0 Å². The van der Waals surface area contributed by atoms with Crippen LogP contribution in [0.2, 0.25) is 0 Å². The number of pyridine rings is 1. The van der Waals surface area contributed by atoms with Gasteiger partial charge < -0.3 is 0 Å². The average Bonchev–Trinajstić information content (AvgIpc) is 1.88. The number of hydrogen-bond acceptors (Lipinski definition) is 1. The molecule has 0 saturated carbocycles. The average molecular weight is 149 g/mol. The lowest BCUT2D eigenvalue weighted by Crippen LogP contribution is -2.11. The fourth-order valence-corrected chi connectivity index (χ4v) is 1.82. The fourth-order valence-electron chi connectivity index (χ4n) is 0.793. The first-order valence-corrected chi connectivity index (χ1v) is 4.49. The number of hydrogen-bond donors (Lipinski definition) is 0. The summed E-state index contributed by atoms with van der Waals surface area (Å²) >= 11 is 0. The molecule has 0 unspecified atom stereocenters.